The highest BCUT2D eigenvalue weighted by atomic mass is 35.5. The Balaban J connectivity index is 1.79. The summed E-state index contributed by atoms with van der Waals surface area (Å²) < 4.78 is 15.6. The minimum absolute atomic E-state index is 0.0719. The lowest BCUT2D eigenvalue weighted by atomic mass is 10.1. The van der Waals surface area contributed by atoms with Crippen molar-refractivity contribution in [2.45, 2.75) is 6.54 Å². The average Bonchev–Trinajstić information content (AvgIpc) is 3.21. The maximum atomic E-state index is 12.1. The lowest BCUT2D eigenvalue weighted by Gasteiger charge is -2.04. The van der Waals surface area contributed by atoms with Gasteiger partial charge in [0.05, 0.1) is 17.8 Å². The van der Waals surface area contributed by atoms with Crippen LogP contribution >= 0.6 is 11.6 Å². The number of benzene rings is 1. The molecule has 0 saturated carbocycles. The Hall–Kier alpha value is -2.91. The molecule has 0 unspecified atom stereocenters. The van der Waals surface area contributed by atoms with Crippen LogP contribution in [0.4, 0.5) is 0 Å². The minimum Gasteiger partial charge on any atom is -0.467 e. The fourth-order valence-corrected chi connectivity index (χ4v) is 2.23. The van der Waals surface area contributed by atoms with Crippen molar-refractivity contribution in [1.29, 1.82) is 5.26 Å². The van der Waals surface area contributed by atoms with Crippen molar-refractivity contribution in [3.05, 3.63) is 52.4 Å². The molecule has 1 aliphatic rings. The molecule has 0 saturated heterocycles. The monoisotopic (exact) mass is 330 g/mol. The van der Waals surface area contributed by atoms with E-state index in [2.05, 4.69) is 5.32 Å². The van der Waals surface area contributed by atoms with Gasteiger partial charge in [0.25, 0.3) is 5.91 Å². The lowest BCUT2D eigenvalue weighted by Crippen LogP contribution is -2.23. The quantitative estimate of drug-likeness (QED) is 0.688. The van der Waals surface area contributed by atoms with Gasteiger partial charge in [0.15, 0.2) is 11.5 Å². The maximum Gasteiger partial charge on any atom is 0.262 e. The Kier molecular flexibility index (Phi) is 4.22. The van der Waals surface area contributed by atoms with Gasteiger partial charge in [-0.15, -0.1) is 0 Å². The predicted octanol–water partition coefficient (Wildman–Crippen LogP) is 2.89. The molecule has 1 N–H and O–H groups in total. The molecule has 0 spiro atoms. The molecule has 1 aromatic heterocycles. The van der Waals surface area contributed by atoms with E-state index in [1.165, 1.54) is 12.3 Å². The van der Waals surface area contributed by atoms with Crippen LogP contribution in [0.15, 0.2) is 40.5 Å². The number of ether oxygens (including phenoxy) is 2. The standard InChI is InChI=1S/C16H11ClN2O4/c17-13-6-15-14(22-9-23-15)5-10(13)4-11(7-18)16(20)19-8-12-2-1-3-21-12/h1-6H,8-9H2,(H,19,20)/b11-4+. The maximum absolute atomic E-state index is 12.1. The normalized spacial score (nSPS) is 12.8. The number of carbonyl (C=O) groups is 1. The molecule has 1 aliphatic heterocycles. The van der Waals surface area contributed by atoms with E-state index in [-0.39, 0.29) is 18.9 Å². The minimum atomic E-state index is -0.516. The van der Waals surface area contributed by atoms with Crippen LogP contribution in [0.2, 0.25) is 5.02 Å². The van der Waals surface area contributed by atoms with E-state index in [0.717, 1.165) is 0 Å². The summed E-state index contributed by atoms with van der Waals surface area (Å²) in [7, 11) is 0. The van der Waals surface area contributed by atoms with E-state index in [1.807, 2.05) is 6.07 Å². The van der Waals surface area contributed by atoms with Gasteiger partial charge in [0.1, 0.15) is 17.4 Å². The number of hydrogen-bond acceptors (Lipinski definition) is 5. The number of hydrogen-bond donors (Lipinski definition) is 1. The first-order chi connectivity index (χ1) is 11.2. The molecule has 0 radical (unpaired) electrons. The third-order valence-electron chi connectivity index (χ3n) is 3.16. The highest BCUT2D eigenvalue weighted by molar-refractivity contribution is 6.32. The number of nitrogens with zero attached hydrogens (tertiary/aromatic N) is 1. The molecular weight excluding hydrogens is 320 g/mol. The van der Waals surface area contributed by atoms with Crippen molar-refractivity contribution in [2.75, 3.05) is 6.79 Å². The van der Waals surface area contributed by atoms with Crippen LogP contribution < -0.4 is 14.8 Å². The van der Waals surface area contributed by atoms with Crippen LogP contribution in [0.3, 0.4) is 0 Å². The first-order valence-electron chi connectivity index (χ1n) is 6.69. The van der Waals surface area contributed by atoms with Gasteiger partial charge in [0.2, 0.25) is 6.79 Å². The summed E-state index contributed by atoms with van der Waals surface area (Å²) in [5, 5.41) is 12.2. The molecule has 6 nitrogen and oxygen atoms in total. The first-order valence-corrected chi connectivity index (χ1v) is 7.06. The lowest BCUT2D eigenvalue weighted by molar-refractivity contribution is -0.117. The molecular formula is C16H11ClN2O4. The van der Waals surface area contributed by atoms with E-state index >= 15 is 0 Å². The van der Waals surface area contributed by atoms with Crippen molar-refractivity contribution in [3.63, 3.8) is 0 Å². The molecule has 0 bridgehead atoms. The van der Waals surface area contributed by atoms with Crippen LogP contribution in [-0.4, -0.2) is 12.7 Å². The van der Waals surface area contributed by atoms with Crippen molar-refractivity contribution < 1.29 is 18.7 Å². The zero-order valence-corrected chi connectivity index (χ0v) is 12.6. The predicted molar refractivity (Wildman–Crippen MR) is 81.7 cm³/mol. The molecule has 23 heavy (non-hydrogen) atoms. The Morgan fingerprint density at radius 2 is 2.17 bits per heavy atom. The number of fused-ring (bicyclic) bond motifs is 1. The Labute approximate surface area is 136 Å². The average molecular weight is 331 g/mol. The molecule has 1 aromatic carbocycles. The number of halogens is 1. The summed E-state index contributed by atoms with van der Waals surface area (Å²) in [5.74, 6) is 1.14. The number of rotatable bonds is 4. The summed E-state index contributed by atoms with van der Waals surface area (Å²) in [6.45, 7) is 0.313. The van der Waals surface area contributed by atoms with Crippen molar-refractivity contribution in [3.8, 4) is 17.6 Å². The number of carbonyl (C=O) groups excluding carboxylic acids is 1. The summed E-state index contributed by atoms with van der Waals surface area (Å²) in [6, 6.07) is 8.52. The topological polar surface area (TPSA) is 84.5 Å². The SMILES string of the molecule is N#C/C(=C\c1cc2c(cc1Cl)OCO2)C(=O)NCc1ccco1. The molecule has 2 heterocycles. The largest absolute Gasteiger partial charge is 0.467 e. The van der Waals surface area contributed by atoms with Gasteiger partial charge < -0.3 is 19.2 Å². The zero-order chi connectivity index (χ0) is 16.2. The second kappa shape index (κ2) is 6.46. The highest BCUT2D eigenvalue weighted by Gasteiger charge is 2.17. The second-order valence-corrected chi connectivity index (χ2v) is 5.07. The summed E-state index contributed by atoms with van der Waals surface area (Å²) >= 11 is 6.14. The molecule has 3 rings (SSSR count). The van der Waals surface area contributed by atoms with Gasteiger partial charge in [-0.05, 0) is 29.8 Å². The van der Waals surface area contributed by atoms with E-state index in [1.54, 1.807) is 24.3 Å². The zero-order valence-electron chi connectivity index (χ0n) is 11.8. The molecule has 0 fully saturated rings. The van der Waals surface area contributed by atoms with Crippen LogP contribution in [-0.2, 0) is 11.3 Å². The van der Waals surface area contributed by atoms with Crippen LogP contribution in [0.5, 0.6) is 11.5 Å². The molecule has 0 atom stereocenters. The van der Waals surface area contributed by atoms with Crippen molar-refractivity contribution in [2.24, 2.45) is 0 Å². The molecule has 1 amide bonds. The van der Waals surface area contributed by atoms with Gasteiger partial charge in [-0.3, -0.25) is 4.79 Å². The molecule has 0 aliphatic carbocycles. The van der Waals surface area contributed by atoms with Crippen LogP contribution in [0.1, 0.15) is 11.3 Å². The fourth-order valence-electron chi connectivity index (χ4n) is 2.02. The third-order valence-corrected chi connectivity index (χ3v) is 3.49. The third kappa shape index (κ3) is 3.30. The fraction of sp³-hybridized carbons (Fsp3) is 0.125. The Morgan fingerprint density at radius 3 is 2.87 bits per heavy atom. The first kappa shape index (κ1) is 15.0. The molecule has 7 heteroatoms. The van der Waals surface area contributed by atoms with Crippen molar-refractivity contribution >= 4 is 23.6 Å². The number of nitriles is 1. The van der Waals surface area contributed by atoms with E-state index in [0.29, 0.717) is 27.8 Å². The van der Waals surface area contributed by atoms with E-state index in [4.69, 9.17) is 25.5 Å². The Bertz CT molecular complexity index is 806. The van der Waals surface area contributed by atoms with E-state index in [9.17, 15) is 10.1 Å². The van der Waals surface area contributed by atoms with E-state index < -0.39 is 5.91 Å². The number of furan rings is 1. The van der Waals surface area contributed by atoms with Crippen LogP contribution in [0.25, 0.3) is 6.08 Å². The van der Waals surface area contributed by atoms with Gasteiger partial charge in [-0.2, -0.15) is 5.26 Å². The molecule has 116 valence electrons. The van der Waals surface area contributed by atoms with Gasteiger partial charge in [-0.25, -0.2) is 0 Å². The summed E-state index contributed by atoms with van der Waals surface area (Å²) in [6.07, 6.45) is 2.91. The molecule has 2 aromatic rings. The summed E-state index contributed by atoms with van der Waals surface area (Å²) in [4.78, 5) is 12.1. The van der Waals surface area contributed by atoms with Gasteiger partial charge in [0, 0.05) is 6.07 Å². The Morgan fingerprint density at radius 1 is 1.39 bits per heavy atom. The number of amides is 1. The smallest absolute Gasteiger partial charge is 0.262 e. The van der Waals surface area contributed by atoms with Crippen LogP contribution in [0, 0.1) is 11.3 Å². The highest BCUT2D eigenvalue weighted by Crippen LogP contribution is 2.37. The van der Waals surface area contributed by atoms with Crippen molar-refractivity contribution in [1.82, 2.24) is 5.32 Å². The van der Waals surface area contributed by atoms with Gasteiger partial charge in [-0.1, -0.05) is 11.6 Å². The second-order valence-electron chi connectivity index (χ2n) is 4.66. The van der Waals surface area contributed by atoms with Gasteiger partial charge >= 0.3 is 0 Å². The number of nitrogens with one attached hydrogen (secondary N) is 1. The summed E-state index contributed by atoms with van der Waals surface area (Å²) in [5.41, 5.74) is 0.429.